The summed E-state index contributed by atoms with van der Waals surface area (Å²) in [6.45, 7) is 0.681. The molecule has 0 saturated carbocycles. The molecule has 1 atom stereocenters. The highest BCUT2D eigenvalue weighted by Gasteiger charge is 2.30. The quantitative estimate of drug-likeness (QED) is 0.822. The Bertz CT molecular complexity index is 850. The largest absolute Gasteiger partial charge is 0.442 e. The second-order valence-corrected chi connectivity index (χ2v) is 7.24. The van der Waals surface area contributed by atoms with Crippen LogP contribution in [0.1, 0.15) is 24.2 Å². The lowest BCUT2D eigenvalue weighted by molar-refractivity contribution is -0.119. The minimum atomic E-state index is -4.43. The maximum Gasteiger partial charge on any atom is 0.442 e. The minimum absolute atomic E-state index is 0.242. The van der Waals surface area contributed by atoms with Crippen LogP contribution in [0.15, 0.2) is 29.3 Å². The molecule has 1 aliphatic rings. The lowest BCUT2D eigenvalue weighted by atomic mass is 10.1. The van der Waals surface area contributed by atoms with Crippen molar-refractivity contribution in [3.05, 3.63) is 46.4 Å². The Morgan fingerprint density at radius 3 is 2.89 bits per heavy atom. The van der Waals surface area contributed by atoms with Crippen LogP contribution in [0, 0.1) is 0 Å². The fraction of sp³-hybridized carbons (Fsp3) is 0.500. The number of aryl methyl sites for hydroxylation is 1. The van der Waals surface area contributed by atoms with Crippen LogP contribution in [-0.2, 0) is 24.3 Å². The smallest absolute Gasteiger partial charge is 0.353 e. The van der Waals surface area contributed by atoms with E-state index < -0.39 is 17.2 Å². The number of carbonyl (C=O) groups excluding carboxylic acids is 1. The van der Waals surface area contributed by atoms with Gasteiger partial charge in [0.1, 0.15) is 5.82 Å². The van der Waals surface area contributed by atoms with E-state index in [1.807, 2.05) is 6.07 Å². The molecule has 3 heterocycles. The lowest BCUT2D eigenvalue weighted by Crippen LogP contribution is -2.37. The Labute approximate surface area is 157 Å². The molecule has 3 rings (SSSR count). The maximum absolute atomic E-state index is 12.5. The van der Waals surface area contributed by atoms with E-state index in [0.717, 1.165) is 5.56 Å². The number of carbonyl (C=O) groups is 1. The van der Waals surface area contributed by atoms with Gasteiger partial charge in [-0.25, -0.2) is 9.48 Å². The maximum atomic E-state index is 12.5. The molecule has 1 N–H and O–H groups in total. The molecule has 1 amide bonds. The van der Waals surface area contributed by atoms with Gasteiger partial charge in [0.2, 0.25) is 5.91 Å². The first-order valence-electron chi connectivity index (χ1n) is 8.37. The highest BCUT2D eigenvalue weighted by molar-refractivity contribution is 8.00. The second-order valence-electron chi connectivity index (χ2n) is 6.20. The first kappa shape index (κ1) is 19.5. The molecule has 0 radical (unpaired) electrons. The van der Waals surface area contributed by atoms with Crippen LogP contribution in [0.3, 0.4) is 0 Å². The summed E-state index contributed by atoms with van der Waals surface area (Å²) in [5, 5.41) is 6.97. The van der Waals surface area contributed by atoms with E-state index in [2.05, 4.69) is 15.4 Å². The number of halogens is 3. The normalized spacial score (nSPS) is 17.2. The van der Waals surface area contributed by atoms with Gasteiger partial charge < -0.3 is 5.32 Å². The van der Waals surface area contributed by atoms with E-state index in [-0.39, 0.29) is 23.5 Å². The third-order valence-corrected chi connectivity index (χ3v) is 4.94. The van der Waals surface area contributed by atoms with Crippen molar-refractivity contribution in [1.82, 2.24) is 24.6 Å². The van der Waals surface area contributed by atoms with Crippen molar-refractivity contribution >= 4 is 17.7 Å². The molecular weight excluding hydrogens is 383 g/mol. The van der Waals surface area contributed by atoms with Gasteiger partial charge >= 0.3 is 11.2 Å². The fourth-order valence-electron chi connectivity index (χ4n) is 2.96. The average molecular weight is 401 g/mol. The number of thioether (sulfide) groups is 1. The third-order valence-electron chi connectivity index (χ3n) is 4.20. The molecule has 0 saturated heterocycles. The SMILES string of the molecule is O=C(CSC(F)(F)F)NC1CCc2nn(Cc3cccnc3)c(=O)n2CC1. The Kier molecular flexibility index (Phi) is 5.88. The number of aromatic nitrogens is 4. The van der Waals surface area contributed by atoms with Crippen molar-refractivity contribution in [2.24, 2.45) is 0 Å². The molecule has 1 aliphatic heterocycles. The third kappa shape index (κ3) is 5.34. The predicted molar refractivity (Wildman–Crippen MR) is 93.2 cm³/mol. The molecule has 27 heavy (non-hydrogen) atoms. The molecule has 1 unspecified atom stereocenters. The molecule has 0 fully saturated rings. The summed E-state index contributed by atoms with van der Waals surface area (Å²) in [4.78, 5) is 28.2. The molecule has 11 heteroatoms. The number of fused-ring (bicyclic) bond motifs is 1. The van der Waals surface area contributed by atoms with Crippen molar-refractivity contribution in [2.75, 3.05) is 5.75 Å². The predicted octanol–water partition coefficient (Wildman–Crippen LogP) is 1.56. The number of nitrogens with zero attached hydrogens (tertiary/aromatic N) is 4. The van der Waals surface area contributed by atoms with Gasteiger partial charge in [0.15, 0.2) is 0 Å². The van der Waals surface area contributed by atoms with Crippen LogP contribution in [0.2, 0.25) is 0 Å². The van der Waals surface area contributed by atoms with E-state index in [1.165, 1.54) is 4.68 Å². The van der Waals surface area contributed by atoms with Gasteiger partial charge in [-0.15, -0.1) is 0 Å². The number of alkyl halides is 3. The van der Waals surface area contributed by atoms with E-state index in [9.17, 15) is 22.8 Å². The fourth-order valence-corrected chi connectivity index (χ4v) is 3.33. The number of hydrogen-bond acceptors (Lipinski definition) is 5. The number of hydrogen-bond donors (Lipinski definition) is 1. The van der Waals surface area contributed by atoms with Gasteiger partial charge in [0, 0.05) is 31.4 Å². The zero-order valence-corrected chi connectivity index (χ0v) is 15.1. The topological polar surface area (TPSA) is 81.8 Å². The van der Waals surface area contributed by atoms with Crippen molar-refractivity contribution < 1.29 is 18.0 Å². The highest BCUT2D eigenvalue weighted by atomic mass is 32.2. The molecule has 0 aromatic carbocycles. The number of nitrogens with one attached hydrogen (secondary N) is 1. The van der Waals surface area contributed by atoms with Crippen LogP contribution in [-0.4, -0.2) is 42.5 Å². The van der Waals surface area contributed by atoms with E-state index in [4.69, 9.17) is 0 Å². The molecule has 0 bridgehead atoms. The molecule has 146 valence electrons. The summed E-state index contributed by atoms with van der Waals surface area (Å²) in [6, 6.07) is 3.36. The van der Waals surface area contributed by atoms with Crippen LogP contribution >= 0.6 is 11.8 Å². The summed E-state index contributed by atoms with van der Waals surface area (Å²) < 4.78 is 39.4. The van der Waals surface area contributed by atoms with Gasteiger partial charge in [-0.2, -0.15) is 18.3 Å². The summed E-state index contributed by atoms with van der Waals surface area (Å²) in [7, 11) is 0. The van der Waals surface area contributed by atoms with Gasteiger partial charge in [0.25, 0.3) is 0 Å². The Morgan fingerprint density at radius 2 is 2.19 bits per heavy atom. The minimum Gasteiger partial charge on any atom is -0.353 e. The summed E-state index contributed by atoms with van der Waals surface area (Å²) in [5.41, 5.74) is -3.81. The van der Waals surface area contributed by atoms with Crippen LogP contribution < -0.4 is 11.0 Å². The average Bonchev–Trinajstić information content (AvgIpc) is 2.78. The van der Waals surface area contributed by atoms with Crippen LogP contribution in [0.5, 0.6) is 0 Å². The van der Waals surface area contributed by atoms with Crippen LogP contribution in [0.25, 0.3) is 0 Å². The van der Waals surface area contributed by atoms with Crippen molar-refractivity contribution in [2.45, 2.75) is 43.9 Å². The Morgan fingerprint density at radius 1 is 1.37 bits per heavy atom. The molecule has 0 aliphatic carbocycles. The van der Waals surface area contributed by atoms with Gasteiger partial charge in [-0.3, -0.25) is 14.3 Å². The number of amides is 1. The van der Waals surface area contributed by atoms with Crippen LogP contribution in [0.4, 0.5) is 13.2 Å². The van der Waals surface area contributed by atoms with Gasteiger partial charge in [-0.05, 0) is 36.2 Å². The molecular formula is C16H18F3N5O2S. The summed E-state index contributed by atoms with van der Waals surface area (Å²) in [6.07, 6.45) is 4.77. The van der Waals surface area contributed by atoms with Crippen molar-refractivity contribution in [3.63, 3.8) is 0 Å². The Hall–Kier alpha value is -2.30. The monoisotopic (exact) mass is 401 g/mol. The highest BCUT2D eigenvalue weighted by Crippen LogP contribution is 2.29. The Balaban J connectivity index is 1.59. The first-order valence-corrected chi connectivity index (χ1v) is 9.36. The molecule has 0 spiro atoms. The second kappa shape index (κ2) is 8.15. The first-order chi connectivity index (χ1) is 12.8. The molecule has 2 aromatic rings. The summed E-state index contributed by atoms with van der Waals surface area (Å²) >= 11 is -0.358. The van der Waals surface area contributed by atoms with Crippen molar-refractivity contribution in [1.29, 1.82) is 0 Å². The van der Waals surface area contributed by atoms with Gasteiger partial charge in [0.05, 0.1) is 12.3 Å². The lowest BCUT2D eigenvalue weighted by Gasteiger charge is -2.16. The number of rotatable bonds is 5. The van der Waals surface area contributed by atoms with E-state index in [0.29, 0.717) is 38.2 Å². The van der Waals surface area contributed by atoms with E-state index >= 15 is 0 Å². The molecule has 2 aromatic heterocycles. The molecule has 7 nitrogen and oxygen atoms in total. The zero-order valence-electron chi connectivity index (χ0n) is 14.3. The zero-order chi connectivity index (χ0) is 19.4. The standard InChI is InChI=1S/C16H18F3N5O2S/c17-16(18,19)27-10-14(25)21-12-3-4-13-22-24(15(26)23(13)7-5-12)9-11-2-1-6-20-8-11/h1-2,6,8,12H,3-5,7,9-10H2,(H,21,25). The summed E-state index contributed by atoms with van der Waals surface area (Å²) in [5.74, 6) is -0.705. The van der Waals surface area contributed by atoms with E-state index in [1.54, 1.807) is 23.0 Å². The van der Waals surface area contributed by atoms with Crippen molar-refractivity contribution in [3.8, 4) is 0 Å². The number of pyridine rings is 1. The van der Waals surface area contributed by atoms with Gasteiger partial charge in [-0.1, -0.05) is 6.07 Å².